The van der Waals surface area contributed by atoms with Gasteiger partial charge in [0, 0.05) is 11.9 Å². The second-order valence-electron chi connectivity index (χ2n) is 4.14. The zero-order chi connectivity index (χ0) is 13.2. The van der Waals surface area contributed by atoms with Gasteiger partial charge in [0.2, 0.25) is 0 Å². The van der Waals surface area contributed by atoms with Gasteiger partial charge in [-0.15, -0.1) is 16.4 Å². The summed E-state index contributed by atoms with van der Waals surface area (Å²) >= 11 is 1.41. The Labute approximate surface area is 114 Å². The van der Waals surface area contributed by atoms with E-state index in [1.54, 1.807) is 11.6 Å². The highest BCUT2D eigenvalue weighted by Crippen LogP contribution is 2.32. The van der Waals surface area contributed by atoms with Crippen molar-refractivity contribution in [2.75, 3.05) is 18.6 Å². The molecule has 0 amide bonds. The Morgan fingerprint density at radius 1 is 1.53 bits per heavy atom. The number of aryl methyl sites for hydroxylation is 1. The van der Waals surface area contributed by atoms with Crippen LogP contribution >= 0.6 is 11.3 Å². The number of anilines is 2. The highest BCUT2D eigenvalue weighted by atomic mass is 32.1. The number of rotatable bonds is 2. The van der Waals surface area contributed by atoms with Crippen molar-refractivity contribution in [1.82, 2.24) is 15.2 Å². The number of carbonyl (C=O) groups is 1. The molecule has 0 radical (unpaired) electrons. The van der Waals surface area contributed by atoms with E-state index in [0.29, 0.717) is 5.69 Å². The largest absolute Gasteiger partial charge is 0.464 e. The number of ether oxygens (including phenoxy) is 1. The third-order valence-electron chi connectivity index (χ3n) is 2.98. The molecule has 19 heavy (non-hydrogen) atoms. The molecule has 2 aromatic heterocycles. The molecule has 0 saturated heterocycles. The van der Waals surface area contributed by atoms with Gasteiger partial charge in [0.1, 0.15) is 0 Å². The van der Waals surface area contributed by atoms with Crippen LogP contribution in [0.5, 0.6) is 0 Å². The first-order valence-corrected chi connectivity index (χ1v) is 6.79. The molecule has 0 N–H and O–H groups in total. The molecule has 0 aromatic carbocycles. The number of fused-ring (bicyclic) bond motifs is 1. The van der Waals surface area contributed by atoms with Crippen molar-refractivity contribution >= 4 is 28.3 Å². The van der Waals surface area contributed by atoms with Crippen molar-refractivity contribution in [2.45, 2.75) is 12.8 Å². The molecular weight excluding hydrogens is 264 g/mol. The number of hydrogen-bond donors (Lipinski definition) is 0. The molecule has 0 spiro atoms. The summed E-state index contributed by atoms with van der Waals surface area (Å²) in [5.74, 6) is 0.415. The van der Waals surface area contributed by atoms with Gasteiger partial charge in [-0.25, -0.2) is 9.78 Å². The second-order valence-corrected chi connectivity index (χ2v) is 4.98. The Morgan fingerprint density at radius 2 is 2.42 bits per heavy atom. The van der Waals surface area contributed by atoms with Crippen molar-refractivity contribution in [3.8, 4) is 0 Å². The molecule has 0 fully saturated rings. The summed E-state index contributed by atoms with van der Waals surface area (Å²) < 4.78 is 4.67. The maximum Gasteiger partial charge on any atom is 0.357 e. The number of thiazole rings is 1. The maximum atomic E-state index is 11.4. The van der Waals surface area contributed by atoms with Crippen molar-refractivity contribution in [3.63, 3.8) is 0 Å². The highest BCUT2D eigenvalue weighted by Gasteiger charge is 2.23. The van der Waals surface area contributed by atoms with Gasteiger partial charge < -0.3 is 9.64 Å². The quantitative estimate of drug-likeness (QED) is 0.779. The molecule has 7 heteroatoms. The van der Waals surface area contributed by atoms with E-state index in [0.717, 1.165) is 35.9 Å². The molecule has 3 heterocycles. The first-order chi connectivity index (χ1) is 9.29. The lowest BCUT2D eigenvalue weighted by atomic mass is 10.1. The van der Waals surface area contributed by atoms with E-state index in [1.165, 1.54) is 18.4 Å². The first-order valence-electron chi connectivity index (χ1n) is 5.91. The molecule has 0 bridgehead atoms. The average Bonchev–Trinajstić information content (AvgIpc) is 2.95. The van der Waals surface area contributed by atoms with E-state index in [9.17, 15) is 4.79 Å². The van der Waals surface area contributed by atoms with Crippen molar-refractivity contribution in [2.24, 2.45) is 0 Å². The SMILES string of the molecule is COC(=O)c1csc(N2CCCc3ccnnc32)n1. The molecule has 0 atom stereocenters. The lowest BCUT2D eigenvalue weighted by Crippen LogP contribution is -2.26. The number of esters is 1. The number of methoxy groups -OCH3 is 1. The van der Waals surface area contributed by atoms with E-state index < -0.39 is 5.97 Å². The van der Waals surface area contributed by atoms with Gasteiger partial charge in [0.25, 0.3) is 0 Å². The van der Waals surface area contributed by atoms with Crippen LogP contribution in [0.3, 0.4) is 0 Å². The number of carbonyl (C=O) groups excluding carboxylic acids is 1. The summed E-state index contributed by atoms with van der Waals surface area (Å²) in [6.07, 6.45) is 3.73. The topological polar surface area (TPSA) is 68.2 Å². The first kappa shape index (κ1) is 12.0. The Bertz CT molecular complexity index is 613. The Morgan fingerprint density at radius 3 is 3.26 bits per heavy atom. The fourth-order valence-corrected chi connectivity index (χ4v) is 2.90. The lowest BCUT2D eigenvalue weighted by Gasteiger charge is -2.26. The zero-order valence-corrected chi connectivity index (χ0v) is 11.2. The molecule has 1 aliphatic rings. The predicted molar refractivity (Wildman–Crippen MR) is 70.8 cm³/mol. The third-order valence-corrected chi connectivity index (χ3v) is 3.85. The van der Waals surface area contributed by atoms with Crippen LogP contribution in [-0.2, 0) is 11.2 Å². The Kier molecular flexibility index (Phi) is 3.12. The van der Waals surface area contributed by atoms with Crippen molar-refractivity contribution < 1.29 is 9.53 Å². The summed E-state index contributed by atoms with van der Waals surface area (Å²) in [6, 6.07) is 1.98. The van der Waals surface area contributed by atoms with Crippen molar-refractivity contribution in [1.29, 1.82) is 0 Å². The van der Waals surface area contributed by atoms with E-state index in [-0.39, 0.29) is 0 Å². The number of aromatic nitrogens is 3. The van der Waals surface area contributed by atoms with Gasteiger partial charge in [-0.05, 0) is 24.5 Å². The monoisotopic (exact) mass is 276 g/mol. The molecular formula is C12H12N4O2S. The molecule has 0 unspecified atom stereocenters. The lowest BCUT2D eigenvalue weighted by molar-refractivity contribution is 0.0595. The normalized spacial score (nSPS) is 14.1. The van der Waals surface area contributed by atoms with Gasteiger partial charge in [-0.3, -0.25) is 0 Å². The van der Waals surface area contributed by atoms with Crippen LogP contribution in [0.1, 0.15) is 22.5 Å². The van der Waals surface area contributed by atoms with E-state index in [1.807, 2.05) is 11.0 Å². The summed E-state index contributed by atoms with van der Waals surface area (Å²) in [5.41, 5.74) is 1.49. The summed E-state index contributed by atoms with van der Waals surface area (Å²) in [5, 5.41) is 10.6. The second kappa shape index (κ2) is 4.93. The van der Waals surface area contributed by atoms with Gasteiger partial charge in [-0.1, -0.05) is 0 Å². The van der Waals surface area contributed by atoms with Crippen LogP contribution < -0.4 is 4.90 Å². The molecule has 98 valence electrons. The van der Waals surface area contributed by atoms with Crippen LogP contribution in [0.2, 0.25) is 0 Å². The summed E-state index contributed by atoms with van der Waals surface area (Å²) in [7, 11) is 1.35. The number of nitrogens with zero attached hydrogens (tertiary/aromatic N) is 4. The van der Waals surface area contributed by atoms with Crippen LogP contribution in [0.15, 0.2) is 17.6 Å². The fourth-order valence-electron chi connectivity index (χ4n) is 2.08. The van der Waals surface area contributed by atoms with E-state index in [4.69, 9.17) is 0 Å². The predicted octanol–water partition coefficient (Wildman–Crippen LogP) is 1.80. The zero-order valence-electron chi connectivity index (χ0n) is 10.4. The molecule has 3 rings (SSSR count). The van der Waals surface area contributed by atoms with Crippen molar-refractivity contribution in [3.05, 3.63) is 28.9 Å². The van der Waals surface area contributed by atoms with E-state index >= 15 is 0 Å². The average molecular weight is 276 g/mol. The van der Waals surface area contributed by atoms with Crippen LogP contribution in [0.4, 0.5) is 10.9 Å². The Hall–Kier alpha value is -2.02. The van der Waals surface area contributed by atoms with Gasteiger partial charge >= 0.3 is 5.97 Å². The van der Waals surface area contributed by atoms with Gasteiger partial charge in [0.15, 0.2) is 16.6 Å². The maximum absolute atomic E-state index is 11.4. The van der Waals surface area contributed by atoms with Crippen LogP contribution in [0.25, 0.3) is 0 Å². The Balaban J connectivity index is 1.95. The molecule has 0 saturated carbocycles. The molecule has 0 aliphatic carbocycles. The third kappa shape index (κ3) is 2.17. The molecule has 2 aromatic rings. The fraction of sp³-hybridized carbons (Fsp3) is 0.333. The van der Waals surface area contributed by atoms with Crippen LogP contribution in [0, 0.1) is 0 Å². The summed E-state index contributed by atoms with van der Waals surface area (Å²) in [6.45, 7) is 0.833. The number of hydrogen-bond acceptors (Lipinski definition) is 7. The minimum atomic E-state index is -0.418. The smallest absolute Gasteiger partial charge is 0.357 e. The standard InChI is InChI=1S/C12H12N4O2S/c1-18-11(17)9-7-19-12(14-9)16-6-2-3-8-4-5-13-15-10(8)16/h4-5,7H,2-3,6H2,1H3. The molecule has 1 aliphatic heterocycles. The minimum Gasteiger partial charge on any atom is -0.464 e. The van der Waals surface area contributed by atoms with Gasteiger partial charge in [0.05, 0.1) is 13.3 Å². The van der Waals surface area contributed by atoms with Gasteiger partial charge in [-0.2, -0.15) is 5.10 Å². The molecule has 6 nitrogen and oxygen atoms in total. The minimum absolute atomic E-state index is 0.332. The summed E-state index contributed by atoms with van der Waals surface area (Å²) in [4.78, 5) is 17.7. The van der Waals surface area contributed by atoms with Crippen LogP contribution in [-0.4, -0.2) is 34.8 Å². The van der Waals surface area contributed by atoms with E-state index in [2.05, 4.69) is 19.9 Å². The highest BCUT2D eigenvalue weighted by molar-refractivity contribution is 7.14.